The Morgan fingerprint density at radius 1 is 0.821 bits per heavy atom. The molecule has 0 bridgehead atoms. The van der Waals surface area contributed by atoms with Gasteiger partial charge in [0, 0.05) is 12.0 Å². The number of para-hydroxylation sites is 1. The molecule has 2 aromatic carbocycles. The van der Waals surface area contributed by atoms with Crippen LogP contribution in [0.1, 0.15) is 12.0 Å². The van der Waals surface area contributed by atoms with Gasteiger partial charge in [-0.3, -0.25) is 0 Å². The number of hydrogen-bond donors (Lipinski definition) is 1. The van der Waals surface area contributed by atoms with Gasteiger partial charge in [-0.2, -0.15) is 26.3 Å². The molecule has 154 valence electrons. The fraction of sp³-hybridized carbons (Fsp3) is 0.333. The molecular formula is C18H15ClF6O3. The number of aliphatic hydroxyl groups is 1. The van der Waals surface area contributed by atoms with Gasteiger partial charge in [0.2, 0.25) is 0 Å². The van der Waals surface area contributed by atoms with E-state index in [0.717, 1.165) is 6.07 Å². The number of alkyl halides is 6. The van der Waals surface area contributed by atoms with Crippen molar-refractivity contribution >= 4 is 11.6 Å². The fourth-order valence-electron chi connectivity index (χ4n) is 2.28. The molecule has 0 fully saturated rings. The van der Waals surface area contributed by atoms with Crippen molar-refractivity contribution < 1.29 is 40.9 Å². The van der Waals surface area contributed by atoms with Crippen LogP contribution in [0.5, 0.6) is 11.5 Å². The Bertz CT molecular complexity index is 763. The van der Waals surface area contributed by atoms with Gasteiger partial charge in [0.05, 0.1) is 18.2 Å². The van der Waals surface area contributed by atoms with Gasteiger partial charge >= 0.3 is 12.4 Å². The molecule has 10 heteroatoms. The van der Waals surface area contributed by atoms with Crippen LogP contribution in [0.25, 0.3) is 0 Å². The zero-order chi connectivity index (χ0) is 21.0. The van der Waals surface area contributed by atoms with E-state index in [1.165, 1.54) is 0 Å². The normalized spacial score (nSPS) is 12.7. The first-order chi connectivity index (χ1) is 13.0. The SMILES string of the molecule is OC(c1ccc(OCCCOc2ccccc2)c(Cl)c1)(C(F)(F)F)C(F)(F)F. The largest absolute Gasteiger partial charge is 0.493 e. The second-order valence-corrected chi connectivity index (χ2v) is 6.12. The molecule has 0 spiro atoms. The van der Waals surface area contributed by atoms with Crippen molar-refractivity contribution in [3.63, 3.8) is 0 Å². The molecule has 0 saturated carbocycles. The van der Waals surface area contributed by atoms with Gasteiger partial charge in [-0.1, -0.05) is 35.9 Å². The van der Waals surface area contributed by atoms with E-state index < -0.39 is 28.5 Å². The minimum absolute atomic E-state index is 0.0642. The highest BCUT2D eigenvalue weighted by Gasteiger charge is 2.71. The standard InChI is InChI=1S/C18H15ClF6O3/c19-14-11-12(16(26,17(20,21)22)18(23,24)25)7-8-15(14)28-10-4-9-27-13-5-2-1-3-6-13/h1-3,5-8,11,26H,4,9-10H2. The highest BCUT2D eigenvalue weighted by atomic mass is 35.5. The maximum absolute atomic E-state index is 12.9. The van der Waals surface area contributed by atoms with Crippen molar-refractivity contribution in [2.75, 3.05) is 13.2 Å². The summed E-state index contributed by atoms with van der Waals surface area (Å²) < 4.78 is 88.0. The van der Waals surface area contributed by atoms with Crippen LogP contribution in [0.2, 0.25) is 5.02 Å². The van der Waals surface area contributed by atoms with Crippen molar-refractivity contribution in [2.24, 2.45) is 0 Å². The van der Waals surface area contributed by atoms with E-state index in [2.05, 4.69) is 0 Å². The van der Waals surface area contributed by atoms with Crippen LogP contribution < -0.4 is 9.47 Å². The average molecular weight is 429 g/mol. The van der Waals surface area contributed by atoms with Crippen LogP contribution in [-0.2, 0) is 5.60 Å². The van der Waals surface area contributed by atoms with Crippen LogP contribution in [0, 0.1) is 0 Å². The van der Waals surface area contributed by atoms with Gasteiger partial charge in [0.1, 0.15) is 11.5 Å². The molecule has 0 atom stereocenters. The lowest BCUT2D eigenvalue weighted by atomic mass is 9.92. The van der Waals surface area contributed by atoms with E-state index in [9.17, 15) is 31.4 Å². The lowest BCUT2D eigenvalue weighted by molar-refractivity contribution is -0.376. The average Bonchev–Trinajstić information content (AvgIpc) is 2.61. The van der Waals surface area contributed by atoms with Gasteiger partial charge in [-0.15, -0.1) is 0 Å². The molecule has 0 aliphatic carbocycles. The number of rotatable bonds is 7. The predicted octanol–water partition coefficient (Wildman–Crippen LogP) is 5.50. The van der Waals surface area contributed by atoms with Crippen LogP contribution in [0.4, 0.5) is 26.3 Å². The summed E-state index contributed by atoms with van der Waals surface area (Å²) in [6.07, 6.45) is -11.6. The van der Waals surface area contributed by atoms with Crippen molar-refractivity contribution in [1.29, 1.82) is 0 Å². The topological polar surface area (TPSA) is 38.7 Å². The smallest absolute Gasteiger partial charge is 0.430 e. The highest BCUT2D eigenvalue weighted by Crippen LogP contribution is 2.50. The lowest BCUT2D eigenvalue weighted by Crippen LogP contribution is -2.53. The molecule has 0 aliphatic heterocycles. The van der Waals surface area contributed by atoms with Gasteiger partial charge in [-0.25, -0.2) is 0 Å². The third kappa shape index (κ3) is 4.82. The summed E-state index contributed by atoms with van der Waals surface area (Å²) >= 11 is 5.74. The molecule has 0 unspecified atom stereocenters. The summed E-state index contributed by atoms with van der Waals surface area (Å²) in [5.41, 5.74) is -6.48. The maximum Gasteiger partial charge on any atom is 0.430 e. The number of benzene rings is 2. The molecule has 0 saturated heterocycles. The van der Waals surface area contributed by atoms with Crippen molar-refractivity contribution in [3.05, 3.63) is 59.1 Å². The molecule has 0 amide bonds. The Morgan fingerprint density at radius 3 is 1.93 bits per heavy atom. The Balaban J connectivity index is 2.01. The Hall–Kier alpha value is -2.13. The predicted molar refractivity (Wildman–Crippen MR) is 89.5 cm³/mol. The first kappa shape index (κ1) is 22.2. The third-order valence-electron chi connectivity index (χ3n) is 3.73. The molecule has 0 aliphatic rings. The maximum atomic E-state index is 12.9. The summed E-state index contributed by atoms with van der Waals surface area (Å²) in [6.45, 7) is 0.344. The van der Waals surface area contributed by atoms with Crippen molar-refractivity contribution in [3.8, 4) is 11.5 Å². The minimum atomic E-state index is -5.98. The Morgan fingerprint density at radius 2 is 1.39 bits per heavy atom. The lowest BCUT2D eigenvalue weighted by Gasteiger charge is -2.32. The molecule has 0 radical (unpaired) electrons. The summed E-state index contributed by atoms with van der Waals surface area (Å²) in [6, 6.07) is 10.6. The molecule has 1 N–H and O–H groups in total. The van der Waals surface area contributed by atoms with E-state index in [0.29, 0.717) is 24.3 Å². The monoisotopic (exact) mass is 428 g/mol. The van der Waals surface area contributed by atoms with E-state index >= 15 is 0 Å². The van der Waals surface area contributed by atoms with Crippen LogP contribution in [-0.4, -0.2) is 30.7 Å². The quantitative estimate of drug-likeness (QED) is 0.467. The second kappa shape index (κ2) is 8.48. The molecule has 0 heterocycles. The Labute approximate surface area is 161 Å². The highest BCUT2D eigenvalue weighted by molar-refractivity contribution is 6.32. The molecule has 28 heavy (non-hydrogen) atoms. The number of halogens is 7. The van der Waals surface area contributed by atoms with E-state index in [1.807, 2.05) is 6.07 Å². The van der Waals surface area contributed by atoms with Crippen LogP contribution in [0.15, 0.2) is 48.5 Å². The fourth-order valence-corrected chi connectivity index (χ4v) is 2.51. The van der Waals surface area contributed by atoms with Gasteiger partial charge < -0.3 is 14.6 Å². The number of ether oxygens (including phenoxy) is 2. The van der Waals surface area contributed by atoms with E-state index in [1.54, 1.807) is 24.3 Å². The third-order valence-corrected chi connectivity index (χ3v) is 4.02. The first-order valence-electron chi connectivity index (χ1n) is 7.93. The van der Waals surface area contributed by atoms with Gasteiger partial charge in [0.25, 0.3) is 5.60 Å². The summed E-state index contributed by atoms with van der Waals surface area (Å²) in [7, 11) is 0. The Kier molecular flexibility index (Phi) is 6.71. The summed E-state index contributed by atoms with van der Waals surface area (Å²) in [4.78, 5) is 0. The van der Waals surface area contributed by atoms with Crippen LogP contribution >= 0.6 is 11.6 Å². The second-order valence-electron chi connectivity index (χ2n) is 5.71. The molecule has 2 rings (SSSR count). The van der Waals surface area contributed by atoms with Gasteiger partial charge in [-0.05, 0) is 24.3 Å². The molecule has 3 nitrogen and oxygen atoms in total. The first-order valence-corrected chi connectivity index (χ1v) is 8.31. The van der Waals surface area contributed by atoms with Crippen molar-refractivity contribution in [1.82, 2.24) is 0 Å². The molecule has 2 aromatic rings. The summed E-state index contributed by atoms with van der Waals surface area (Å²) in [5.74, 6) is 0.528. The van der Waals surface area contributed by atoms with E-state index in [-0.39, 0.29) is 19.0 Å². The minimum Gasteiger partial charge on any atom is -0.493 e. The zero-order valence-electron chi connectivity index (χ0n) is 14.1. The van der Waals surface area contributed by atoms with Gasteiger partial charge in [0.15, 0.2) is 0 Å². The molecule has 0 aromatic heterocycles. The zero-order valence-corrected chi connectivity index (χ0v) is 14.9. The molecular weight excluding hydrogens is 414 g/mol. The van der Waals surface area contributed by atoms with E-state index in [4.69, 9.17) is 21.1 Å². The summed E-state index contributed by atoms with van der Waals surface area (Å²) in [5, 5.41) is 8.87. The van der Waals surface area contributed by atoms with Crippen molar-refractivity contribution in [2.45, 2.75) is 24.4 Å². The van der Waals surface area contributed by atoms with Crippen LogP contribution in [0.3, 0.4) is 0 Å². The number of hydrogen-bond acceptors (Lipinski definition) is 3.